The van der Waals surface area contributed by atoms with Crippen molar-refractivity contribution in [1.29, 1.82) is 0 Å². The van der Waals surface area contributed by atoms with Crippen molar-refractivity contribution in [2.45, 2.75) is 39.2 Å². The Morgan fingerprint density at radius 1 is 1.19 bits per heavy atom. The lowest BCUT2D eigenvalue weighted by atomic mass is 10.0. The molecule has 0 aliphatic heterocycles. The van der Waals surface area contributed by atoms with Crippen LogP contribution in [0, 0.1) is 5.92 Å². The van der Waals surface area contributed by atoms with E-state index in [1.807, 2.05) is 13.8 Å². The van der Waals surface area contributed by atoms with Crippen molar-refractivity contribution < 1.29 is 18.1 Å². The van der Waals surface area contributed by atoms with Crippen molar-refractivity contribution in [3.63, 3.8) is 0 Å². The summed E-state index contributed by atoms with van der Waals surface area (Å²) in [5.74, 6) is 0.470. The number of rotatable bonds is 9. The van der Waals surface area contributed by atoms with Crippen LogP contribution in [-0.4, -0.2) is 35.9 Å². The van der Waals surface area contributed by atoms with Crippen LogP contribution in [0.5, 0.6) is 0 Å². The molecule has 0 N–H and O–H groups in total. The highest BCUT2D eigenvalue weighted by atomic mass is 28.4. The van der Waals surface area contributed by atoms with Gasteiger partial charge in [0.2, 0.25) is 0 Å². The molecule has 0 amide bonds. The molecule has 1 unspecified atom stereocenters. The van der Waals surface area contributed by atoms with Gasteiger partial charge in [0.1, 0.15) is 5.78 Å². The SMILES string of the molecule is CCC(C)C(=O)CCC[Si](OC)(OC)OC. The predicted octanol–water partition coefficient (Wildman–Crippen LogP) is 2.26. The van der Waals surface area contributed by atoms with E-state index in [0.717, 1.165) is 12.8 Å². The Hall–Kier alpha value is -0.233. The highest BCUT2D eigenvalue weighted by Gasteiger charge is 2.37. The minimum absolute atomic E-state index is 0.156. The second kappa shape index (κ2) is 7.95. The molecule has 0 aromatic carbocycles. The van der Waals surface area contributed by atoms with Gasteiger partial charge in [-0.05, 0) is 12.8 Å². The quantitative estimate of drug-likeness (QED) is 0.587. The number of carbonyl (C=O) groups excluding carboxylic acids is 1. The summed E-state index contributed by atoms with van der Waals surface area (Å²) in [6.07, 6.45) is 2.25. The first-order chi connectivity index (χ1) is 7.55. The highest BCUT2D eigenvalue weighted by Crippen LogP contribution is 2.18. The summed E-state index contributed by atoms with van der Waals surface area (Å²) in [6.45, 7) is 4.00. The molecule has 0 aromatic heterocycles. The second-order valence-corrected chi connectivity index (χ2v) is 7.02. The molecule has 96 valence electrons. The molecule has 0 aliphatic rings. The highest BCUT2D eigenvalue weighted by molar-refractivity contribution is 6.60. The summed E-state index contributed by atoms with van der Waals surface area (Å²) in [5.41, 5.74) is 0. The fourth-order valence-electron chi connectivity index (χ4n) is 1.51. The van der Waals surface area contributed by atoms with Crippen molar-refractivity contribution in [1.82, 2.24) is 0 Å². The van der Waals surface area contributed by atoms with E-state index in [9.17, 15) is 4.79 Å². The van der Waals surface area contributed by atoms with Crippen LogP contribution < -0.4 is 0 Å². The van der Waals surface area contributed by atoms with Gasteiger partial charge in [0, 0.05) is 39.7 Å². The van der Waals surface area contributed by atoms with Gasteiger partial charge in [-0.15, -0.1) is 0 Å². The van der Waals surface area contributed by atoms with Gasteiger partial charge >= 0.3 is 8.80 Å². The van der Waals surface area contributed by atoms with E-state index in [0.29, 0.717) is 18.2 Å². The zero-order valence-corrected chi connectivity index (χ0v) is 12.0. The molecule has 5 heteroatoms. The van der Waals surface area contributed by atoms with Crippen molar-refractivity contribution in [3.8, 4) is 0 Å². The molecule has 4 nitrogen and oxygen atoms in total. The summed E-state index contributed by atoms with van der Waals surface area (Å²) < 4.78 is 15.9. The van der Waals surface area contributed by atoms with Gasteiger partial charge in [0.25, 0.3) is 0 Å². The van der Waals surface area contributed by atoms with Crippen LogP contribution >= 0.6 is 0 Å². The average Bonchev–Trinajstić information content (AvgIpc) is 2.34. The molecule has 0 rings (SSSR count). The molecule has 0 fully saturated rings. The van der Waals surface area contributed by atoms with Crippen LogP contribution in [0.2, 0.25) is 6.04 Å². The Labute approximate surface area is 99.6 Å². The minimum atomic E-state index is -2.48. The van der Waals surface area contributed by atoms with E-state index in [4.69, 9.17) is 13.3 Å². The third kappa shape index (κ3) is 4.74. The van der Waals surface area contributed by atoms with E-state index in [-0.39, 0.29) is 5.92 Å². The summed E-state index contributed by atoms with van der Waals surface area (Å²) >= 11 is 0. The Kier molecular flexibility index (Phi) is 7.83. The lowest BCUT2D eigenvalue weighted by Gasteiger charge is -2.24. The van der Waals surface area contributed by atoms with Crippen LogP contribution in [0.1, 0.15) is 33.1 Å². The van der Waals surface area contributed by atoms with E-state index in [2.05, 4.69) is 0 Å². The second-order valence-electron chi connectivity index (χ2n) is 3.92. The first-order valence-corrected chi connectivity index (χ1v) is 7.66. The molecule has 1 atom stereocenters. The molecule has 0 bridgehead atoms. The maximum Gasteiger partial charge on any atom is 0.500 e. The maximum atomic E-state index is 11.6. The Balaban J connectivity index is 4.00. The first kappa shape index (κ1) is 15.8. The summed E-state index contributed by atoms with van der Waals surface area (Å²) in [4.78, 5) is 11.6. The smallest absolute Gasteiger partial charge is 0.377 e. The third-order valence-electron chi connectivity index (χ3n) is 3.00. The van der Waals surface area contributed by atoms with Crippen LogP contribution in [-0.2, 0) is 18.1 Å². The number of carbonyl (C=O) groups is 1. The van der Waals surface area contributed by atoms with Crippen molar-refractivity contribution in [3.05, 3.63) is 0 Å². The Morgan fingerprint density at radius 3 is 2.06 bits per heavy atom. The minimum Gasteiger partial charge on any atom is -0.377 e. The lowest BCUT2D eigenvalue weighted by molar-refractivity contribution is -0.122. The van der Waals surface area contributed by atoms with Crippen molar-refractivity contribution in [2.75, 3.05) is 21.3 Å². The fraction of sp³-hybridized carbons (Fsp3) is 0.909. The normalized spacial score (nSPS) is 13.8. The molecular formula is C11H24O4Si. The van der Waals surface area contributed by atoms with E-state index in [1.165, 1.54) is 0 Å². The first-order valence-electron chi connectivity index (χ1n) is 5.73. The van der Waals surface area contributed by atoms with Crippen molar-refractivity contribution in [2.24, 2.45) is 5.92 Å². The van der Waals surface area contributed by atoms with Crippen molar-refractivity contribution >= 4 is 14.6 Å². The zero-order valence-electron chi connectivity index (χ0n) is 11.0. The Morgan fingerprint density at radius 2 is 1.69 bits per heavy atom. The molecule has 0 saturated carbocycles. The molecule has 0 saturated heterocycles. The third-order valence-corrected chi connectivity index (χ3v) is 5.83. The fourth-order valence-corrected chi connectivity index (χ4v) is 3.23. The van der Waals surface area contributed by atoms with E-state index in [1.54, 1.807) is 21.3 Å². The van der Waals surface area contributed by atoms with Crippen LogP contribution in [0.4, 0.5) is 0 Å². The molecular weight excluding hydrogens is 224 g/mol. The number of ketones is 1. The monoisotopic (exact) mass is 248 g/mol. The summed E-state index contributed by atoms with van der Waals surface area (Å²) in [6, 6.07) is 0.693. The van der Waals surface area contributed by atoms with Gasteiger partial charge in [-0.25, -0.2) is 0 Å². The molecule has 0 aliphatic carbocycles. The van der Waals surface area contributed by atoms with Gasteiger partial charge in [0.15, 0.2) is 0 Å². The van der Waals surface area contributed by atoms with Crippen LogP contribution in [0.15, 0.2) is 0 Å². The molecule has 0 aromatic rings. The molecule has 0 spiro atoms. The Bertz CT molecular complexity index is 196. The predicted molar refractivity (Wildman–Crippen MR) is 65.3 cm³/mol. The van der Waals surface area contributed by atoms with Gasteiger partial charge in [-0.2, -0.15) is 0 Å². The topological polar surface area (TPSA) is 44.8 Å². The van der Waals surface area contributed by atoms with E-state index >= 15 is 0 Å². The maximum absolute atomic E-state index is 11.6. The molecule has 16 heavy (non-hydrogen) atoms. The standard InChI is InChI=1S/C11H24O4Si/c1-6-10(2)11(12)8-7-9-16(13-3,14-4)15-5/h10H,6-9H2,1-5H3. The number of hydrogen-bond acceptors (Lipinski definition) is 4. The van der Waals surface area contributed by atoms with Crippen LogP contribution in [0.3, 0.4) is 0 Å². The summed E-state index contributed by atoms with van der Waals surface area (Å²) in [7, 11) is 2.30. The van der Waals surface area contributed by atoms with Crippen LogP contribution in [0.25, 0.3) is 0 Å². The lowest BCUT2D eigenvalue weighted by Crippen LogP contribution is -2.42. The van der Waals surface area contributed by atoms with Gasteiger partial charge in [-0.1, -0.05) is 13.8 Å². The molecule has 0 heterocycles. The number of Topliss-reactive ketones (excluding diaryl/α,β-unsaturated/α-hetero) is 1. The van der Waals surface area contributed by atoms with Gasteiger partial charge < -0.3 is 13.3 Å². The van der Waals surface area contributed by atoms with E-state index < -0.39 is 8.80 Å². The summed E-state index contributed by atoms with van der Waals surface area (Å²) in [5, 5.41) is 0. The molecule has 0 radical (unpaired) electrons. The average molecular weight is 248 g/mol. The van der Waals surface area contributed by atoms with Gasteiger partial charge in [0.05, 0.1) is 0 Å². The van der Waals surface area contributed by atoms with Gasteiger partial charge in [-0.3, -0.25) is 4.79 Å². The number of hydrogen-bond donors (Lipinski definition) is 0. The zero-order chi connectivity index (χ0) is 12.6. The largest absolute Gasteiger partial charge is 0.500 e.